The van der Waals surface area contributed by atoms with Crippen LogP contribution in [0.25, 0.3) is 16.0 Å². The summed E-state index contributed by atoms with van der Waals surface area (Å²) in [5, 5.41) is 13.9. The van der Waals surface area contributed by atoms with Gasteiger partial charge < -0.3 is 45.6 Å². The molecule has 2 unspecified atom stereocenters. The molecular formula is C41H88Co3N9-3. The molecule has 0 amide bonds. The molecule has 0 aromatic carbocycles. The first-order valence-electron chi connectivity index (χ1n) is 20.1. The molecule has 0 heterocycles. The van der Waals surface area contributed by atoms with Crippen LogP contribution in [-0.2, 0) is 50.3 Å². The first-order chi connectivity index (χ1) is 23.1. The van der Waals surface area contributed by atoms with Crippen LogP contribution in [0.3, 0.4) is 0 Å². The Bertz CT molecular complexity index is 896. The SMILES string of the molecule is CCC(=NC(C)(C)C)[N-]C(C)CN(CC)CC.CCC(=NC(C)(C)C)[N-]CC(C)N(CC)CC.CCC(=NC(C)(C)C)[N-]CCN(CC)CC.[Co].[Co].[Co]. The first-order valence-corrected chi connectivity index (χ1v) is 20.1. The minimum atomic E-state index is -0.0240. The summed E-state index contributed by atoms with van der Waals surface area (Å²) < 4.78 is 0. The third kappa shape index (κ3) is 41.3. The van der Waals surface area contributed by atoms with Gasteiger partial charge in [-0.1, -0.05) is 149 Å². The van der Waals surface area contributed by atoms with Gasteiger partial charge in [-0.3, -0.25) is 0 Å². The number of hydrogen-bond donors (Lipinski definition) is 0. The van der Waals surface area contributed by atoms with Crippen molar-refractivity contribution in [3.05, 3.63) is 16.0 Å². The molecule has 0 aliphatic rings. The van der Waals surface area contributed by atoms with Gasteiger partial charge in [0.2, 0.25) is 0 Å². The number of nitrogens with zero attached hydrogens (tertiary/aromatic N) is 9. The van der Waals surface area contributed by atoms with Gasteiger partial charge in [0.1, 0.15) is 0 Å². The molecule has 0 aliphatic heterocycles. The van der Waals surface area contributed by atoms with Crippen molar-refractivity contribution in [1.82, 2.24) is 14.7 Å². The summed E-state index contributed by atoms with van der Waals surface area (Å²) in [5.74, 6) is 2.99. The van der Waals surface area contributed by atoms with Crippen LogP contribution in [0.1, 0.15) is 158 Å². The Kier molecular flexibility index (Phi) is 44.2. The molecule has 53 heavy (non-hydrogen) atoms. The molecule has 0 fully saturated rings. The van der Waals surface area contributed by atoms with E-state index in [1.807, 2.05) is 0 Å². The molecule has 0 aromatic heterocycles. The summed E-state index contributed by atoms with van der Waals surface area (Å²) in [4.78, 5) is 21.1. The van der Waals surface area contributed by atoms with Crippen molar-refractivity contribution in [1.29, 1.82) is 0 Å². The largest absolute Gasteiger partial charge is 0.468 e. The molecule has 9 nitrogen and oxygen atoms in total. The molecule has 0 aliphatic carbocycles. The van der Waals surface area contributed by atoms with Crippen LogP contribution in [0.4, 0.5) is 0 Å². The van der Waals surface area contributed by atoms with Gasteiger partial charge in [0.25, 0.3) is 0 Å². The molecule has 0 saturated heterocycles. The van der Waals surface area contributed by atoms with Crippen LogP contribution >= 0.6 is 0 Å². The van der Waals surface area contributed by atoms with Crippen LogP contribution in [0.15, 0.2) is 15.0 Å². The third-order valence-corrected chi connectivity index (χ3v) is 7.71. The molecule has 0 bridgehead atoms. The van der Waals surface area contributed by atoms with Gasteiger partial charge >= 0.3 is 0 Å². The van der Waals surface area contributed by atoms with Crippen molar-refractivity contribution in [3.8, 4) is 0 Å². The van der Waals surface area contributed by atoms with E-state index >= 15 is 0 Å². The predicted molar refractivity (Wildman–Crippen MR) is 230 cm³/mol. The zero-order chi connectivity index (χ0) is 39.6. The fourth-order valence-corrected chi connectivity index (χ4v) is 5.02. The maximum Gasteiger partial charge on any atom is 0.00597 e. The van der Waals surface area contributed by atoms with Crippen molar-refractivity contribution in [2.75, 3.05) is 65.4 Å². The van der Waals surface area contributed by atoms with Crippen molar-refractivity contribution in [2.45, 2.75) is 186 Å². The molecule has 3 radical (unpaired) electrons. The second-order valence-electron chi connectivity index (χ2n) is 15.9. The number of likely N-dealkylation sites (N-methyl/N-ethyl adjacent to an activating group) is 3. The standard InChI is InChI=1S/2C14H30N3.C13H28N3.3Co/c1-8-13(16-14(5,6)7)15-12(4)11-17(9-2)10-3;1-8-13(16-14(5,6)7)15-11-12(4)17(9-2)10-3;1-7-12(15-13(4,5)6)14-10-11-16(8-2)9-3;;;/h2*12H,8-11H2,1-7H3;7-11H2,1-6H3;;;/q3*-1;;;. The Morgan fingerprint density at radius 1 is 0.509 bits per heavy atom. The minimum Gasteiger partial charge on any atom is -0.468 e. The van der Waals surface area contributed by atoms with Gasteiger partial charge in [-0.25, -0.2) is 0 Å². The molecule has 0 aromatic rings. The molecule has 2 atom stereocenters. The van der Waals surface area contributed by atoms with E-state index < -0.39 is 0 Å². The van der Waals surface area contributed by atoms with E-state index in [1.54, 1.807) is 0 Å². The maximum atomic E-state index is 4.72. The monoisotopic (exact) mass is 884 g/mol. The Morgan fingerprint density at radius 3 is 1.19 bits per heavy atom. The molecule has 0 spiro atoms. The molecular weight excluding hydrogens is 795 g/mol. The van der Waals surface area contributed by atoms with Gasteiger partial charge in [-0.15, -0.1) is 0 Å². The molecule has 12 heteroatoms. The van der Waals surface area contributed by atoms with Gasteiger partial charge in [-0.2, -0.15) is 0 Å². The normalized spacial score (nSPS) is 13.8. The quantitative estimate of drug-likeness (QED) is 0.101. The van der Waals surface area contributed by atoms with E-state index in [1.165, 1.54) is 0 Å². The zero-order valence-corrected chi connectivity index (χ0v) is 41.5. The average molecular weight is 884 g/mol. The third-order valence-electron chi connectivity index (χ3n) is 7.71. The van der Waals surface area contributed by atoms with Crippen LogP contribution in [0, 0.1) is 0 Å². The zero-order valence-electron chi connectivity index (χ0n) is 38.4. The number of hydrogen-bond acceptors (Lipinski definition) is 6. The van der Waals surface area contributed by atoms with Crippen molar-refractivity contribution < 1.29 is 50.3 Å². The predicted octanol–water partition coefficient (Wildman–Crippen LogP) is 10.7. The smallest absolute Gasteiger partial charge is 0.00597 e. The van der Waals surface area contributed by atoms with Crippen molar-refractivity contribution in [3.63, 3.8) is 0 Å². The van der Waals surface area contributed by atoms with Crippen LogP contribution in [0.5, 0.6) is 0 Å². The van der Waals surface area contributed by atoms with E-state index in [9.17, 15) is 0 Å². The maximum absolute atomic E-state index is 4.72. The van der Waals surface area contributed by atoms with E-state index in [2.05, 4.69) is 179 Å². The van der Waals surface area contributed by atoms with E-state index in [0.717, 1.165) is 102 Å². The summed E-state index contributed by atoms with van der Waals surface area (Å²) in [7, 11) is 0. The Balaban J connectivity index is -0.000000152. The summed E-state index contributed by atoms with van der Waals surface area (Å²) in [6.45, 7) is 53.3. The Labute approximate surface area is 363 Å². The fraction of sp³-hybridized carbons (Fsp3) is 0.927. The van der Waals surface area contributed by atoms with Crippen LogP contribution in [-0.4, -0.2) is 126 Å². The number of aliphatic imine (C=N–C) groups is 3. The van der Waals surface area contributed by atoms with Gasteiger partial charge in [0.05, 0.1) is 0 Å². The van der Waals surface area contributed by atoms with E-state index in [4.69, 9.17) is 5.32 Å². The number of amidine groups is 3. The second-order valence-corrected chi connectivity index (χ2v) is 15.9. The summed E-state index contributed by atoms with van der Waals surface area (Å²) in [5.41, 5.74) is -0.0545. The molecule has 0 rings (SSSR count). The van der Waals surface area contributed by atoms with Crippen LogP contribution < -0.4 is 0 Å². The van der Waals surface area contributed by atoms with Crippen molar-refractivity contribution in [2.24, 2.45) is 15.0 Å². The summed E-state index contributed by atoms with van der Waals surface area (Å²) in [6, 6.07) is 0.831. The van der Waals surface area contributed by atoms with E-state index in [0.29, 0.717) is 12.1 Å². The summed E-state index contributed by atoms with van der Waals surface area (Å²) >= 11 is 0. The van der Waals surface area contributed by atoms with Crippen LogP contribution in [0.2, 0.25) is 0 Å². The van der Waals surface area contributed by atoms with Gasteiger partial charge in [0.15, 0.2) is 0 Å². The van der Waals surface area contributed by atoms with Gasteiger partial charge in [0, 0.05) is 56.4 Å². The fourth-order valence-electron chi connectivity index (χ4n) is 5.02. The Morgan fingerprint density at radius 2 is 0.868 bits per heavy atom. The van der Waals surface area contributed by atoms with Crippen molar-refractivity contribution >= 4 is 17.5 Å². The second kappa shape index (κ2) is 36.2. The molecule has 327 valence electrons. The molecule has 0 saturated carbocycles. The average Bonchev–Trinajstić information content (AvgIpc) is 3.02. The van der Waals surface area contributed by atoms with E-state index in [-0.39, 0.29) is 67.0 Å². The first kappa shape index (κ1) is 64.7. The summed E-state index contributed by atoms with van der Waals surface area (Å²) in [6.07, 6.45) is 2.76. The number of rotatable bonds is 18. The Hall–Kier alpha value is -0.191. The molecule has 0 N–H and O–H groups in total. The van der Waals surface area contributed by atoms with Gasteiger partial charge in [-0.05, 0) is 114 Å². The topological polar surface area (TPSA) is 89.1 Å². The minimum absolute atomic E-state index is 0.